The van der Waals surface area contributed by atoms with Crippen LogP contribution in [0.3, 0.4) is 0 Å². The molecule has 4 rings (SSSR count). The lowest BCUT2D eigenvalue weighted by atomic mass is 10.2. The molecule has 0 unspecified atom stereocenters. The van der Waals surface area contributed by atoms with Gasteiger partial charge in [-0.1, -0.05) is 42.5 Å². The molecule has 0 saturated carbocycles. The van der Waals surface area contributed by atoms with Gasteiger partial charge in [-0.05, 0) is 17.7 Å². The van der Waals surface area contributed by atoms with Gasteiger partial charge in [0.25, 0.3) is 0 Å². The van der Waals surface area contributed by atoms with E-state index in [1.54, 1.807) is 24.5 Å². The zero-order valence-electron chi connectivity index (χ0n) is 12.7. The maximum Gasteiger partial charge on any atom is 0.165 e. The van der Waals surface area contributed by atoms with E-state index in [0.717, 1.165) is 5.56 Å². The van der Waals surface area contributed by atoms with Crippen molar-refractivity contribution in [2.24, 2.45) is 0 Å². The third-order valence-electron chi connectivity index (χ3n) is 3.72. The SMILES string of the molecule is Fc1ccccc1Nc1ncnc2c1ncn2Cc1ccccc1. The molecule has 4 aromatic rings. The van der Waals surface area contributed by atoms with E-state index < -0.39 is 0 Å². The summed E-state index contributed by atoms with van der Waals surface area (Å²) in [6, 6.07) is 16.5. The zero-order valence-corrected chi connectivity index (χ0v) is 12.7. The summed E-state index contributed by atoms with van der Waals surface area (Å²) in [4.78, 5) is 12.9. The standard InChI is InChI=1S/C18H14FN5/c19-14-8-4-5-9-15(14)23-17-16-18(21-11-20-17)24(12-22-16)10-13-6-2-1-3-7-13/h1-9,11-12H,10H2,(H,20,21,23). The summed E-state index contributed by atoms with van der Waals surface area (Å²) in [5.74, 6) is 0.143. The van der Waals surface area contributed by atoms with Gasteiger partial charge in [0.2, 0.25) is 0 Å². The van der Waals surface area contributed by atoms with Crippen molar-refractivity contribution in [3.63, 3.8) is 0 Å². The number of halogens is 1. The monoisotopic (exact) mass is 319 g/mol. The molecule has 5 nitrogen and oxygen atoms in total. The van der Waals surface area contributed by atoms with Crippen LogP contribution in [0.2, 0.25) is 0 Å². The minimum Gasteiger partial charge on any atom is -0.336 e. The third-order valence-corrected chi connectivity index (χ3v) is 3.72. The third kappa shape index (κ3) is 2.69. The van der Waals surface area contributed by atoms with Gasteiger partial charge >= 0.3 is 0 Å². The molecule has 0 fully saturated rings. The molecule has 0 atom stereocenters. The van der Waals surface area contributed by atoms with E-state index >= 15 is 0 Å². The van der Waals surface area contributed by atoms with Crippen molar-refractivity contribution < 1.29 is 4.39 Å². The Morgan fingerprint density at radius 2 is 1.71 bits per heavy atom. The number of aromatic nitrogens is 4. The number of nitrogens with one attached hydrogen (secondary N) is 1. The van der Waals surface area contributed by atoms with Gasteiger partial charge in [0, 0.05) is 0 Å². The molecule has 2 aromatic heterocycles. The van der Waals surface area contributed by atoms with Crippen molar-refractivity contribution in [2.45, 2.75) is 6.54 Å². The highest BCUT2D eigenvalue weighted by atomic mass is 19.1. The molecule has 118 valence electrons. The molecule has 24 heavy (non-hydrogen) atoms. The molecule has 2 aromatic carbocycles. The van der Waals surface area contributed by atoms with Crippen LogP contribution in [0.4, 0.5) is 15.9 Å². The number of hydrogen-bond acceptors (Lipinski definition) is 4. The minimum atomic E-state index is -0.340. The highest BCUT2D eigenvalue weighted by Gasteiger charge is 2.11. The topological polar surface area (TPSA) is 55.6 Å². The maximum atomic E-state index is 13.8. The Kier molecular flexibility index (Phi) is 3.63. The van der Waals surface area contributed by atoms with Gasteiger partial charge in [-0.15, -0.1) is 0 Å². The summed E-state index contributed by atoms with van der Waals surface area (Å²) >= 11 is 0. The van der Waals surface area contributed by atoms with Crippen LogP contribution in [-0.4, -0.2) is 19.5 Å². The first kappa shape index (κ1) is 14.3. The molecule has 0 saturated heterocycles. The van der Waals surface area contributed by atoms with Crippen LogP contribution < -0.4 is 5.32 Å². The van der Waals surface area contributed by atoms with E-state index in [2.05, 4.69) is 20.3 Å². The summed E-state index contributed by atoms with van der Waals surface area (Å²) in [5.41, 5.74) is 2.82. The van der Waals surface area contributed by atoms with Crippen molar-refractivity contribution in [1.29, 1.82) is 0 Å². The van der Waals surface area contributed by atoms with Gasteiger partial charge in [-0.3, -0.25) is 0 Å². The van der Waals surface area contributed by atoms with Gasteiger partial charge in [0.1, 0.15) is 12.1 Å². The molecule has 0 aliphatic heterocycles. The number of anilines is 2. The number of imidazole rings is 1. The first-order valence-electron chi connectivity index (χ1n) is 7.52. The quantitative estimate of drug-likeness (QED) is 0.622. The molecule has 0 aliphatic rings. The Labute approximate surface area is 137 Å². The molecule has 0 aliphatic carbocycles. The first-order chi connectivity index (χ1) is 11.8. The van der Waals surface area contributed by atoms with Gasteiger partial charge in [-0.2, -0.15) is 0 Å². The Hall–Kier alpha value is -3.28. The van der Waals surface area contributed by atoms with E-state index in [9.17, 15) is 4.39 Å². The summed E-state index contributed by atoms with van der Waals surface area (Å²) < 4.78 is 15.8. The fourth-order valence-corrected chi connectivity index (χ4v) is 2.56. The summed E-state index contributed by atoms with van der Waals surface area (Å²) in [5, 5.41) is 2.99. The number of benzene rings is 2. The molecule has 0 radical (unpaired) electrons. The Bertz CT molecular complexity index is 981. The van der Waals surface area contributed by atoms with Gasteiger partial charge in [-0.25, -0.2) is 19.3 Å². The highest BCUT2D eigenvalue weighted by Crippen LogP contribution is 2.23. The second-order valence-corrected chi connectivity index (χ2v) is 5.36. The Morgan fingerprint density at radius 1 is 0.917 bits per heavy atom. The molecule has 2 heterocycles. The van der Waals surface area contributed by atoms with Crippen molar-refractivity contribution in [2.75, 3.05) is 5.32 Å². The molecular weight excluding hydrogens is 305 g/mol. The summed E-state index contributed by atoms with van der Waals surface area (Å²) in [6.07, 6.45) is 3.17. The first-order valence-corrected chi connectivity index (χ1v) is 7.52. The minimum absolute atomic E-state index is 0.340. The fraction of sp³-hybridized carbons (Fsp3) is 0.0556. The number of fused-ring (bicyclic) bond motifs is 1. The average molecular weight is 319 g/mol. The van der Waals surface area contributed by atoms with Crippen LogP contribution >= 0.6 is 0 Å². The molecule has 1 N–H and O–H groups in total. The second kappa shape index (κ2) is 6.08. The molecule has 0 bridgehead atoms. The lowest BCUT2D eigenvalue weighted by Gasteiger charge is -2.07. The van der Waals surface area contributed by atoms with E-state index in [0.29, 0.717) is 29.2 Å². The van der Waals surface area contributed by atoms with Gasteiger partial charge in [0.05, 0.1) is 18.6 Å². The van der Waals surface area contributed by atoms with Crippen molar-refractivity contribution in [3.05, 3.63) is 78.6 Å². The largest absolute Gasteiger partial charge is 0.336 e. The van der Waals surface area contributed by atoms with Crippen LogP contribution in [-0.2, 0) is 6.54 Å². The number of para-hydroxylation sites is 1. The molecule has 0 amide bonds. The zero-order chi connectivity index (χ0) is 16.4. The van der Waals surface area contributed by atoms with Gasteiger partial charge in [0.15, 0.2) is 17.0 Å². The number of rotatable bonds is 4. The van der Waals surface area contributed by atoms with Crippen LogP contribution in [0, 0.1) is 5.82 Å². The summed E-state index contributed by atoms with van der Waals surface area (Å²) in [7, 11) is 0. The maximum absolute atomic E-state index is 13.8. The van der Waals surface area contributed by atoms with Crippen molar-refractivity contribution in [3.8, 4) is 0 Å². The van der Waals surface area contributed by atoms with Crippen molar-refractivity contribution in [1.82, 2.24) is 19.5 Å². The average Bonchev–Trinajstić information content (AvgIpc) is 3.02. The van der Waals surface area contributed by atoms with Crippen LogP contribution in [0.1, 0.15) is 5.56 Å². The normalized spacial score (nSPS) is 10.9. The molecular formula is C18H14FN5. The Balaban J connectivity index is 1.70. The smallest absolute Gasteiger partial charge is 0.165 e. The molecule has 0 spiro atoms. The van der Waals surface area contributed by atoms with E-state index in [1.165, 1.54) is 12.4 Å². The second-order valence-electron chi connectivity index (χ2n) is 5.36. The highest BCUT2D eigenvalue weighted by molar-refractivity contribution is 5.85. The lowest BCUT2D eigenvalue weighted by molar-refractivity contribution is 0.632. The number of nitrogens with zero attached hydrogens (tertiary/aromatic N) is 4. The van der Waals surface area contributed by atoms with Crippen LogP contribution in [0.15, 0.2) is 67.3 Å². The Morgan fingerprint density at radius 3 is 2.54 bits per heavy atom. The van der Waals surface area contributed by atoms with E-state index in [1.807, 2.05) is 34.9 Å². The van der Waals surface area contributed by atoms with Crippen LogP contribution in [0.5, 0.6) is 0 Å². The van der Waals surface area contributed by atoms with Crippen LogP contribution in [0.25, 0.3) is 11.2 Å². The van der Waals surface area contributed by atoms with Gasteiger partial charge < -0.3 is 9.88 Å². The fourth-order valence-electron chi connectivity index (χ4n) is 2.56. The summed E-state index contributed by atoms with van der Waals surface area (Å²) in [6.45, 7) is 0.660. The van der Waals surface area contributed by atoms with E-state index in [4.69, 9.17) is 0 Å². The predicted molar refractivity (Wildman–Crippen MR) is 90.5 cm³/mol. The van der Waals surface area contributed by atoms with Crippen molar-refractivity contribution >= 4 is 22.7 Å². The lowest BCUT2D eigenvalue weighted by Crippen LogP contribution is -2.01. The molecule has 6 heteroatoms. The number of hydrogen-bond donors (Lipinski definition) is 1. The van der Waals surface area contributed by atoms with E-state index in [-0.39, 0.29) is 5.82 Å². The predicted octanol–water partition coefficient (Wildman–Crippen LogP) is 3.76.